The van der Waals surface area contributed by atoms with Gasteiger partial charge in [0.2, 0.25) is 0 Å². The van der Waals surface area contributed by atoms with Gasteiger partial charge in [0, 0.05) is 10.6 Å². The molecular formula is C19H10ClNO4. The van der Waals surface area contributed by atoms with E-state index in [9.17, 15) is 9.59 Å². The summed E-state index contributed by atoms with van der Waals surface area (Å²) in [7, 11) is 0. The molecule has 4 rings (SSSR count). The number of fused-ring (bicyclic) bond motifs is 1. The van der Waals surface area contributed by atoms with Crippen molar-refractivity contribution in [3.63, 3.8) is 0 Å². The number of benzene rings is 2. The van der Waals surface area contributed by atoms with Gasteiger partial charge >= 0.3 is 5.97 Å². The van der Waals surface area contributed by atoms with Crippen LogP contribution in [0.3, 0.4) is 0 Å². The molecule has 0 unspecified atom stereocenters. The Balaban J connectivity index is 1.86. The van der Waals surface area contributed by atoms with E-state index >= 15 is 0 Å². The third-order valence-corrected chi connectivity index (χ3v) is 4.04. The normalized spacial score (nSPS) is 15.5. The molecule has 0 atom stereocenters. The first-order valence-corrected chi connectivity index (χ1v) is 7.79. The molecule has 0 fully saturated rings. The van der Waals surface area contributed by atoms with E-state index in [0.717, 1.165) is 0 Å². The highest BCUT2D eigenvalue weighted by atomic mass is 35.5. The van der Waals surface area contributed by atoms with Crippen LogP contribution in [0.2, 0.25) is 5.02 Å². The maximum absolute atomic E-state index is 12.7. The zero-order valence-electron chi connectivity index (χ0n) is 12.7. The molecule has 0 aliphatic carbocycles. The van der Waals surface area contributed by atoms with Crippen LogP contribution < -0.4 is 5.43 Å². The summed E-state index contributed by atoms with van der Waals surface area (Å²) < 4.78 is 5.47. The van der Waals surface area contributed by atoms with Crippen molar-refractivity contribution in [1.82, 2.24) is 0 Å². The predicted octanol–water partition coefficient (Wildman–Crippen LogP) is 3.79. The second-order valence-electron chi connectivity index (χ2n) is 5.40. The van der Waals surface area contributed by atoms with E-state index in [1.54, 1.807) is 24.3 Å². The Hall–Kier alpha value is -3.18. The summed E-state index contributed by atoms with van der Waals surface area (Å²) in [6, 6.07) is 13.9. The number of nitrogens with zero attached hydrogens (tertiary/aromatic N) is 1. The number of carbonyl (C=O) groups is 1. The number of rotatable bonds is 2. The highest BCUT2D eigenvalue weighted by molar-refractivity contribution is 6.31. The van der Waals surface area contributed by atoms with Gasteiger partial charge in [0.1, 0.15) is 17.6 Å². The zero-order valence-corrected chi connectivity index (χ0v) is 13.5. The van der Waals surface area contributed by atoms with Crippen LogP contribution in [0.25, 0.3) is 17.0 Å². The Labute approximate surface area is 146 Å². The lowest BCUT2D eigenvalue weighted by molar-refractivity contribution is -0.136. The van der Waals surface area contributed by atoms with Crippen LogP contribution in [0.5, 0.6) is 0 Å². The van der Waals surface area contributed by atoms with Crippen molar-refractivity contribution in [2.75, 3.05) is 0 Å². The molecule has 0 N–H and O–H groups in total. The molecule has 25 heavy (non-hydrogen) atoms. The fourth-order valence-electron chi connectivity index (χ4n) is 2.59. The van der Waals surface area contributed by atoms with Gasteiger partial charge in [0.05, 0.1) is 16.5 Å². The summed E-state index contributed by atoms with van der Waals surface area (Å²) in [6.45, 7) is 0. The minimum atomic E-state index is -0.621. The summed E-state index contributed by atoms with van der Waals surface area (Å²) in [5.41, 5.74) is 1.63. The topological polar surface area (TPSA) is 68.9 Å². The van der Waals surface area contributed by atoms with Crippen LogP contribution >= 0.6 is 11.6 Å². The van der Waals surface area contributed by atoms with Crippen LogP contribution in [-0.2, 0) is 9.63 Å². The van der Waals surface area contributed by atoms with Crippen LogP contribution in [0.1, 0.15) is 11.1 Å². The molecule has 122 valence electrons. The van der Waals surface area contributed by atoms with Gasteiger partial charge in [0.15, 0.2) is 5.43 Å². The van der Waals surface area contributed by atoms with Gasteiger partial charge in [-0.25, -0.2) is 4.79 Å². The van der Waals surface area contributed by atoms with E-state index in [0.29, 0.717) is 27.3 Å². The minimum Gasteiger partial charge on any atom is -0.463 e. The second kappa shape index (κ2) is 6.03. The molecule has 0 radical (unpaired) electrons. The molecule has 1 aliphatic heterocycles. The molecule has 5 nitrogen and oxygen atoms in total. The smallest absolute Gasteiger partial charge is 0.368 e. The van der Waals surface area contributed by atoms with E-state index in [1.165, 1.54) is 18.4 Å². The standard InChI is InChI=1S/C19H10ClNO4/c20-13-6-7-16-14(9-13)18(22)12(10-24-16)8-15-17(21-25-19(15)23)11-4-2-1-3-5-11/h1-10H/b15-8-. The van der Waals surface area contributed by atoms with Crippen LogP contribution in [-0.4, -0.2) is 11.7 Å². The van der Waals surface area contributed by atoms with E-state index < -0.39 is 5.97 Å². The lowest BCUT2D eigenvalue weighted by atomic mass is 10.0. The van der Waals surface area contributed by atoms with Gasteiger partial charge in [-0.05, 0) is 24.3 Å². The van der Waals surface area contributed by atoms with E-state index in [-0.39, 0.29) is 16.6 Å². The van der Waals surface area contributed by atoms with Gasteiger partial charge in [-0.15, -0.1) is 0 Å². The van der Waals surface area contributed by atoms with Crippen molar-refractivity contribution in [2.45, 2.75) is 0 Å². The number of hydrogen-bond acceptors (Lipinski definition) is 5. The van der Waals surface area contributed by atoms with Gasteiger partial charge in [-0.1, -0.05) is 47.1 Å². The molecule has 2 heterocycles. The molecule has 0 saturated carbocycles. The van der Waals surface area contributed by atoms with Gasteiger partial charge in [-0.2, -0.15) is 0 Å². The Morgan fingerprint density at radius 2 is 1.84 bits per heavy atom. The van der Waals surface area contributed by atoms with Crippen LogP contribution in [0, 0.1) is 0 Å². The fourth-order valence-corrected chi connectivity index (χ4v) is 2.76. The molecule has 0 bridgehead atoms. The van der Waals surface area contributed by atoms with Crippen LogP contribution in [0.15, 0.2) is 74.7 Å². The van der Waals surface area contributed by atoms with Crippen molar-refractivity contribution < 1.29 is 14.0 Å². The highest BCUT2D eigenvalue weighted by Crippen LogP contribution is 2.22. The minimum absolute atomic E-state index is 0.194. The Kier molecular flexibility index (Phi) is 3.71. The van der Waals surface area contributed by atoms with Gasteiger partial charge < -0.3 is 9.25 Å². The third-order valence-electron chi connectivity index (χ3n) is 3.80. The molecule has 6 heteroatoms. The number of oxime groups is 1. The maximum atomic E-state index is 12.7. The van der Waals surface area contributed by atoms with Gasteiger partial charge in [0.25, 0.3) is 0 Å². The van der Waals surface area contributed by atoms with Gasteiger partial charge in [-0.3, -0.25) is 4.79 Å². The Bertz CT molecular complexity index is 1110. The summed E-state index contributed by atoms with van der Waals surface area (Å²) in [5.74, 6) is -0.621. The lowest BCUT2D eigenvalue weighted by Gasteiger charge is -2.02. The van der Waals surface area contributed by atoms with Crippen molar-refractivity contribution >= 4 is 40.3 Å². The van der Waals surface area contributed by atoms with Crippen molar-refractivity contribution in [3.05, 3.63) is 86.7 Å². The third kappa shape index (κ3) is 2.75. The monoisotopic (exact) mass is 351 g/mol. The predicted molar refractivity (Wildman–Crippen MR) is 94.5 cm³/mol. The van der Waals surface area contributed by atoms with E-state index in [2.05, 4.69) is 5.16 Å². The van der Waals surface area contributed by atoms with E-state index in [1.807, 2.05) is 18.2 Å². The molecule has 0 amide bonds. The first-order valence-electron chi connectivity index (χ1n) is 7.41. The van der Waals surface area contributed by atoms with Crippen molar-refractivity contribution in [2.24, 2.45) is 5.16 Å². The number of carbonyl (C=O) groups excluding carboxylic acids is 1. The maximum Gasteiger partial charge on any atom is 0.368 e. The summed E-state index contributed by atoms with van der Waals surface area (Å²) in [5, 5.41) is 4.58. The summed E-state index contributed by atoms with van der Waals surface area (Å²) in [4.78, 5) is 29.5. The Morgan fingerprint density at radius 1 is 1.04 bits per heavy atom. The molecule has 0 spiro atoms. The largest absolute Gasteiger partial charge is 0.463 e. The summed E-state index contributed by atoms with van der Waals surface area (Å²) in [6.07, 6.45) is 2.73. The molecule has 1 aromatic heterocycles. The second-order valence-corrected chi connectivity index (χ2v) is 5.84. The first kappa shape index (κ1) is 15.4. The highest BCUT2D eigenvalue weighted by Gasteiger charge is 2.27. The van der Waals surface area contributed by atoms with Crippen LogP contribution in [0.4, 0.5) is 0 Å². The quantitative estimate of drug-likeness (QED) is 0.520. The first-order chi connectivity index (χ1) is 12.1. The number of halogens is 1. The number of hydrogen-bond donors (Lipinski definition) is 0. The molecule has 1 aliphatic rings. The average molecular weight is 352 g/mol. The SMILES string of the molecule is O=C1ON=C(c2ccccc2)/C1=C/c1coc2ccc(Cl)cc2c1=O. The summed E-state index contributed by atoms with van der Waals surface area (Å²) >= 11 is 5.95. The lowest BCUT2D eigenvalue weighted by Crippen LogP contribution is -2.10. The fraction of sp³-hybridized carbons (Fsp3) is 0. The van der Waals surface area contributed by atoms with Crippen molar-refractivity contribution in [1.29, 1.82) is 0 Å². The molecule has 2 aromatic carbocycles. The molecule has 0 saturated heterocycles. The zero-order chi connectivity index (χ0) is 17.4. The average Bonchev–Trinajstić information content (AvgIpc) is 2.99. The van der Waals surface area contributed by atoms with E-state index in [4.69, 9.17) is 20.9 Å². The Morgan fingerprint density at radius 3 is 2.64 bits per heavy atom. The molecular weight excluding hydrogens is 342 g/mol. The van der Waals surface area contributed by atoms with Crippen molar-refractivity contribution in [3.8, 4) is 0 Å². The molecule has 3 aromatic rings.